The number of methoxy groups -OCH3 is 2. The number of anilines is 1. The average molecular weight is 237 g/mol. The number of carbonyl (C=O) groups is 1. The Balaban J connectivity index is 3.29. The third-order valence-corrected chi connectivity index (χ3v) is 2.51. The van der Waals surface area contributed by atoms with Gasteiger partial charge in [0.25, 0.3) is 0 Å². The Morgan fingerprint density at radius 2 is 1.71 bits per heavy atom. The highest BCUT2D eigenvalue weighted by Crippen LogP contribution is 2.34. The number of Topliss-reactive ketones (excluding diaryl/α,β-unsaturated/α-hetero) is 1. The number of hydrogen-bond donors (Lipinski definition) is 0. The van der Waals surface area contributed by atoms with Gasteiger partial charge in [-0.25, -0.2) is 0 Å². The first kappa shape index (κ1) is 13.4. The molecule has 0 unspecified atom stereocenters. The van der Waals surface area contributed by atoms with E-state index in [-0.39, 0.29) is 5.78 Å². The van der Waals surface area contributed by atoms with E-state index in [0.29, 0.717) is 17.9 Å². The predicted octanol–water partition coefficient (Wildman–Crippen LogP) is 1.90. The zero-order valence-electron chi connectivity index (χ0n) is 11.0. The van der Waals surface area contributed by atoms with Crippen molar-refractivity contribution in [1.82, 2.24) is 0 Å². The molecule has 0 aliphatic heterocycles. The van der Waals surface area contributed by atoms with Crippen molar-refractivity contribution in [2.75, 3.05) is 33.2 Å². The summed E-state index contributed by atoms with van der Waals surface area (Å²) in [5.41, 5.74) is 1.91. The molecule has 0 aliphatic rings. The summed E-state index contributed by atoms with van der Waals surface area (Å²) < 4.78 is 10.5. The van der Waals surface area contributed by atoms with Gasteiger partial charge in [0, 0.05) is 32.3 Å². The fourth-order valence-corrected chi connectivity index (χ4v) is 1.74. The van der Waals surface area contributed by atoms with Crippen LogP contribution in [0.5, 0.6) is 11.5 Å². The predicted molar refractivity (Wildman–Crippen MR) is 68.3 cm³/mol. The van der Waals surface area contributed by atoms with Crippen LogP contribution in [0.2, 0.25) is 0 Å². The molecule has 1 aromatic carbocycles. The highest BCUT2D eigenvalue weighted by Gasteiger charge is 2.13. The second kappa shape index (κ2) is 5.57. The Labute approximate surface area is 102 Å². The Morgan fingerprint density at radius 3 is 2.12 bits per heavy atom. The second-order valence-corrected chi connectivity index (χ2v) is 4.11. The molecule has 4 nitrogen and oxygen atoms in total. The summed E-state index contributed by atoms with van der Waals surface area (Å²) in [4.78, 5) is 13.2. The fourth-order valence-electron chi connectivity index (χ4n) is 1.74. The maximum atomic E-state index is 11.3. The number of ketones is 1. The number of ether oxygens (including phenoxy) is 2. The Bertz CT molecular complexity index is 413. The van der Waals surface area contributed by atoms with Crippen LogP contribution in [0.25, 0.3) is 0 Å². The highest BCUT2D eigenvalue weighted by atomic mass is 16.5. The van der Waals surface area contributed by atoms with E-state index < -0.39 is 0 Å². The molecule has 1 rings (SSSR count). The molecule has 0 N–H and O–H groups in total. The first-order chi connectivity index (χ1) is 7.99. The molecule has 0 bridgehead atoms. The summed E-state index contributed by atoms with van der Waals surface area (Å²) in [5, 5.41) is 0. The topological polar surface area (TPSA) is 38.8 Å². The van der Waals surface area contributed by atoms with Crippen molar-refractivity contribution in [3.8, 4) is 11.5 Å². The lowest BCUT2D eigenvalue weighted by Crippen LogP contribution is -2.13. The molecule has 0 amide bonds. The maximum absolute atomic E-state index is 11.3. The van der Waals surface area contributed by atoms with Gasteiger partial charge in [0.1, 0.15) is 5.78 Å². The van der Waals surface area contributed by atoms with Gasteiger partial charge in [-0.1, -0.05) is 0 Å². The molecular formula is C13H19NO3. The van der Waals surface area contributed by atoms with Crippen molar-refractivity contribution in [3.05, 3.63) is 17.7 Å². The number of benzene rings is 1. The van der Waals surface area contributed by atoms with Crippen molar-refractivity contribution >= 4 is 11.5 Å². The minimum absolute atomic E-state index is 0.125. The van der Waals surface area contributed by atoms with Gasteiger partial charge in [0.2, 0.25) is 0 Å². The van der Waals surface area contributed by atoms with Gasteiger partial charge < -0.3 is 14.4 Å². The summed E-state index contributed by atoms with van der Waals surface area (Å²) in [7, 11) is 7.06. The molecule has 0 saturated heterocycles. The number of hydrogen-bond acceptors (Lipinski definition) is 4. The third kappa shape index (κ3) is 3.12. The average Bonchev–Trinajstić information content (AvgIpc) is 2.27. The molecule has 0 aromatic heterocycles. The van der Waals surface area contributed by atoms with E-state index in [2.05, 4.69) is 0 Å². The minimum atomic E-state index is 0.125. The lowest BCUT2D eigenvalue weighted by atomic mass is 10.1. The number of nitrogens with zero attached hydrogens (tertiary/aromatic N) is 1. The van der Waals surface area contributed by atoms with Gasteiger partial charge in [-0.05, 0) is 18.6 Å². The quantitative estimate of drug-likeness (QED) is 0.784. The van der Waals surface area contributed by atoms with E-state index in [4.69, 9.17) is 9.47 Å². The zero-order valence-corrected chi connectivity index (χ0v) is 11.0. The summed E-state index contributed by atoms with van der Waals surface area (Å²) in [6, 6.07) is 3.74. The highest BCUT2D eigenvalue weighted by molar-refractivity contribution is 5.81. The maximum Gasteiger partial charge on any atom is 0.162 e. The molecule has 0 fully saturated rings. The van der Waals surface area contributed by atoms with Gasteiger partial charge >= 0.3 is 0 Å². The first-order valence-electron chi connectivity index (χ1n) is 5.41. The van der Waals surface area contributed by atoms with E-state index in [1.165, 1.54) is 0 Å². The van der Waals surface area contributed by atoms with E-state index in [0.717, 1.165) is 11.3 Å². The Kier molecular flexibility index (Phi) is 4.37. The standard InChI is InChI=1S/C13H19NO3/c1-9(15)6-10-7-12(16-4)13(17-5)8-11(10)14(2)3/h7-8H,6H2,1-5H3. The number of rotatable bonds is 5. The smallest absolute Gasteiger partial charge is 0.162 e. The molecule has 4 heteroatoms. The largest absolute Gasteiger partial charge is 0.493 e. The van der Waals surface area contributed by atoms with Crippen LogP contribution in [0, 0.1) is 0 Å². The minimum Gasteiger partial charge on any atom is -0.493 e. The van der Waals surface area contributed by atoms with Crippen molar-refractivity contribution in [2.45, 2.75) is 13.3 Å². The second-order valence-electron chi connectivity index (χ2n) is 4.11. The first-order valence-corrected chi connectivity index (χ1v) is 5.41. The molecular weight excluding hydrogens is 218 g/mol. The molecule has 0 heterocycles. The van der Waals surface area contributed by atoms with Crippen LogP contribution in [-0.2, 0) is 11.2 Å². The van der Waals surface area contributed by atoms with Crippen LogP contribution in [0.4, 0.5) is 5.69 Å². The van der Waals surface area contributed by atoms with Gasteiger partial charge in [-0.3, -0.25) is 4.79 Å². The SMILES string of the molecule is COc1cc(CC(C)=O)c(N(C)C)cc1OC. The van der Waals surface area contributed by atoms with Crippen molar-refractivity contribution in [2.24, 2.45) is 0 Å². The van der Waals surface area contributed by atoms with Crippen LogP contribution >= 0.6 is 0 Å². The molecule has 0 atom stereocenters. The molecule has 0 spiro atoms. The molecule has 17 heavy (non-hydrogen) atoms. The van der Waals surface area contributed by atoms with E-state index in [1.54, 1.807) is 21.1 Å². The van der Waals surface area contributed by atoms with Crippen molar-refractivity contribution in [3.63, 3.8) is 0 Å². The van der Waals surface area contributed by atoms with Gasteiger partial charge in [0.05, 0.1) is 14.2 Å². The lowest BCUT2D eigenvalue weighted by molar-refractivity contribution is -0.116. The summed E-state index contributed by atoms with van der Waals surface area (Å²) in [6.07, 6.45) is 0.397. The number of carbonyl (C=O) groups excluding carboxylic acids is 1. The van der Waals surface area contributed by atoms with E-state index in [1.807, 2.05) is 31.1 Å². The summed E-state index contributed by atoms with van der Waals surface area (Å²) in [6.45, 7) is 1.58. The Morgan fingerprint density at radius 1 is 1.18 bits per heavy atom. The molecule has 0 aliphatic carbocycles. The van der Waals surface area contributed by atoms with Crippen molar-refractivity contribution < 1.29 is 14.3 Å². The fraction of sp³-hybridized carbons (Fsp3) is 0.462. The third-order valence-electron chi connectivity index (χ3n) is 2.51. The Hall–Kier alpha value is -1.71. The van der Waals surface area contributed by atoms with Crippen LogP contribution in [0.15, 0.2) is 12.1 Å². The normalized spacial score (nSPS) is 9.94. The van der Waals surface area contributed by atoms with Crippen molar-refractivity contribution in [1.29, 1.82) is 0 Å². The lowest BCUT2D eigenvalue weighted by Gasteiger charge is -2.19. The van der Waals surface area contributed by atoms with Gasteiger partial charge in [-0.2, -0.15) is 0 Å². The molecule has 0 radical (unpaired) electrons. The van der Waals surface area contributed by atoms with Crippen LogP contribution in [0.3, 0.4) is 0 Å². The van der Waals surface area contributed by atoms with E-state index >= 15 is 0 Å². The van der Waals surface area contributed by atoms with Gasteiger partial charge in [0.15, 0.2) is 11.5 Å². The summed E-state index contributed by atoms with van der Waals surface area (Å²) in [5.74, 6) is 1.44. The zero-order chi connectivity index (χ0) is 13.0. The monoisotopic (exact) mass is 237 g/mol. The van der Waals surface area contributed by atoms with Crippen LogP contribution in [-0.4, -0.2) is 34.1 Å². The van der Waals surface area contributed by atoms with E-state index in [9.17, 15) is 4.79 Å². The van der Waals surface area contributed by atoms with Crippen LogP contribution < -0.4 is 14.4 Å². The van der Waals surface area contributed by atoms with Crippen LogP contribution in [0.1, 0.15) is 12.5 Å². The molecule has 94 valence electrons. The van der Waals surface area contributed by atoms with Gasteiger partial charge in [-0.15, -0.1) is 0 Å². The summed E-state index contributed by atoms with van der Waals surface area (Å²) >= 11 is 0. The molecule has 0 saturated carbocycles. The molecule has 1 aromatic rings.